The molecule has 0 aliphatic carbocycles. The zero-order valence-electron chi connectivity index (χ0n) is 11.4. The van der Waals surface area contributed by atoms with Gasteiger partial charge in [-0.2, -0.15) is 0 Å². The van der Waals surface area contributed by atoms with Gasteiger partial charge in [0.15, 0.2) is 0 Å². The molecule has 0 bridgehead atoms. The van der Waals surface area contributed by atoms with Crippen molar-refractivity contribution >= 4 is 27.5 Å². The van der Waals surface area contributed by atoms with E-state index in [9.17, 15) is 4.39 Å². The van der Waals surface area contributed by atoms with Gasteiger partial charge in [-0.15, -0.1) is 0 Å². The minimum atomic E-state index is -0.224. The van der Waals surface area contributed by atoms with Gasteiger partial charge in [0.05, 0.1) is 0 Å². The first-order valence-corrected chi connectivity index (χ1v) is 7.55. The summed E-state index contributed by atoms with van der Waals surface area (Å²) in [7, 11) is 1.88. The molecule has 2 rings (SSSR count). The van der Waals surface area contributed by atoms with Crippen molar-refractivity contribution < 1.29 is 4.39 Å². The zero-order valence-corrected chi connectivity index (χ0v) is 13.7. The van der Waals surface area contributed by atoms with E-state index in [-0.39, 0.29) is 11.9 Å². The standard InChI is InChI=1S/C16H16BrClFN/c1-10-3-5-14(17)13(7-10)16(20-2)9-11-8-12(18)4-6-15(11)19/h3-8,16,20H,9H2,1-2H3. The number of aryl methyl sites for hydroxylation is 1. The van der Waals surface area contributed by atoms with Crippen molar-refractivity contribution in [3.8, 4) is 0 Å². The highest BCUT2D eigenvalue weighted by Gasteiger charge is 2.16. The van der Waals surface area contributed by atoms with E-state index in [4.69, 9.17) is 11.6 Å². The highest BCUT2D eigenvalue weighted by atomic mass is 79.9. The number of hydrogen-bond acceptors (Lipinski definition) is 1. The van der Waals surface area contributed by atoms with Crippen LogP contribution in [0.3, 0.4) is 0 Å². The highest BCUT2D eigenvalue weighted by Crippen LogP contribution is 2.28. The molecule has 1 N–H and O–H groups in total. The average molecular weight is 357 g/mol. The Morgan fingerprint density at radius 1 is 1.25 bits per heavy atom. The number of nitrogens with one attached hydrogen (secondary N) is 1. The van der Waals surface area contributed by atoms with Gasteiger partial charge in [-0.25, -0.2) is 4.39 Å². The second kappa shape index (κ2) is 6.70. The molecule has 0 amide bonds. The molecule has 0 saturated heterocycles. The van der Waals surface area contributed by atoms with Crippen LogP contribution in [0.1, 0.15) is 22.7 Å². The molecule has 2 aromatic rings. The maximum Gasteiger partial charge on any atom is 0.126 e. The normalized spacial score (nSPS) is 12.4. The van der Waals surface area contributed by atoms with Crippen molar-refractivity contribution in [1.82, 2.24) is 5.32 Å². The first-order valence-electron chi connectivity index (χ1n) is 6.38. The van der Waals surface area contributed by atoms with Gasteiger partial charge in [-0.1, -0.05) is 45.2 Å². The summed E-state index contributed by atoms with van der Waals surface area (Å²) in [6.45, 7) is 2.04. The van der Waals surface area contributed by atoms with Crippen molar-refractivity contribution in [3.05, 3.63) is 68.4 Å². The van der Waals surface area contributed by atoms with E-state index >= 15 is 0 Å². The largest absolute Gasteiger partial charge is 0.313 e. The molecule has 1 atom stereocenters. The molecule has 0 fully saturated rings. The third-order valence-electron chi connectivity index (χ3n) is 3.31. The lowest BCUT2D eigenvalue weighted by Crippen LogP contribution is -2.20. The van der Waals surface area contributed by atoms with Crippen LogP contribution < -0.4 is 5.32 Å². The Kier molecular flexibility index (Phi) is 5.19. The minimum Gasteiger partial charge on any atom is -0.313 e. The second-order valence-corrected chi connectivity index (χ2v) is 6.10. The van der Waals surface area contributed by atoms with Crippen LogP contribution in [-0.2, 0) is 6.42 Å². The van der Waals surface area contributed by atoms with E-state index in [1.807, 2.05) is 26.1 Å². The van der Waals surface area contributed by atoms with Gasteiger partial charge in [0.2, 0.25) is 0 Å². The molecule has 106 valence electrons. The molecule has 20 heavy (non-hydrogen) atoms. The van der Waals surface area contributed by atoms with Gasteiger partial charge in [-0.05, 0) is 55.8 Å². The van der Waals surface area contributed by atoms with Crippen molar-refractivity contribution in [1.29, 1.82) is 0 Å². The van der Waals surface area contributed by atoms with Crippen LogP contribution in [0.25, 0.3) is 0 Å². The quantitative estimate of drug-likeness (QED) is 0.808. The summed E-state index contributed by atoms with van der Waals surface area (Å²) in [5.41, 5.74) is 2.91. The molecule has 2 aromatic carbocycles. The predicted octanol–water partition coefficient (Wildman–Crippen LogP) is 5.05. The monoisotopic (exact) mass is 355 g/mol. The van der Waals surface area contributed by atoms with E-state index in [0.29, 0.717) is 17.0 Å². The lowest BCUT2D eigenvalue weighted by atomic mass is 9.97. The summed E-state index contributed by atoms with van der Waals surface area (Å²) in [6, 6.07) is 10.9. The number of halogens is 3. The van der Waals surface area contributed by atoms with Gasteiger partial charge >= 0.3 is 0 Å². The van der Waals surface area contributed by atoms with Crippen molar-refractivity contribution in [2.45, 2.75) is 19.4 Å². The van der Waals surface area contributed by atoms with Crippen LogP contribution in [-0.4, -0.2) is 7.05 Å². The Balaban J connectivity index is 2.33. The van der Waals surface area contributed by atoms with Crippen molar-refractivity contribution in [2.75, 3.05) is 7.05 Å². The molecule has 0 radical (unpaired) electrons. The number of likely N-dealkylation sites (N-methyl/N-ethyl adjacent to an activating group) is 1. The summed E-state index contributed by atoms with van der Waals surface area (Å²) in [6.07, 6.45) is 0.547. The van der Waals surface area contributed by atoms with Crippen molar-refractivity contribution in [2.24, 2.45) is 0 Å². The maximum atomic E-state index is 13.9. The van der Waals surface area contributed by atoms with Gasteiger partial charge in [0.25, 0.3) is 0 Å². The predicted molar refractivity (Wildman–Crippen MR) is 85.8 cm³/mol. The molecule has 1 nitrogen and oxygen atoms in total. The molecule has 0 saturated carbocycles. The highest BCUT2D eigenvalue weighted by molar-refractivity contribution is 9.10. The Morgan fingerprint density at radius 3 is 2.70 bits per heavy atom. The van der Waals surface area contributed by atoms with E-state index in [2.05, 4.69) is 27.3 Å². The van der Waals surface area contributed by atoms with Gasteiger partial charge < -0.3 is 5.32 Å². The first kappa shape index (κ1) is 15.5. The second-order valence-electron chi connectivity index (χ2n) is 4.81. The first-order chi connectivity index (χ1) is 9.51. The Morgan fingerprint density at radius 2 is 2.00 bits per heavy atom. The zero-order chi connectivity index (χ0) is 14.7. The molecule has 0 aliphatic rings. The summed E-state index contributed by atoms with van der Waals surface area (Å²) in [5.74, 6) is -0.224. The van der Waals surface area contributed by atoms with E-state index in [0.717, 1.165) is 10.0 Å². The number of hydrogen-bond donors (Lipinski definition) is 1. The Labute approximate surface area is 132 Å². The summed E-state index contributed by atoms with van der Waals surface area (Å²) < 4.78 is 14.9. The smallest absolute Gasteiger partial charge is 0.126 e. The van der Waals surface area contributed by atoms with E-state index in [1.165, 1.54) is 11.6 Å². The van der Waals surface area contributed by atoms with Gasteiger partial charge in [0.1, 0.15) is 5.82 Å². The van der Waals surface area contributed by atoms with E-state index < -0.39 is 0 Å². The molecular weight excluding hydrogens is 341 g/mol. The van der Waals surface area contributed by atoms with Crippen LogP contribution in [0.5, 0.6) is 0 Å². The van der Waals surface area contributed by atoms with E-state index in [1.54, 1.807) is 12.1 Å². The molecule has 1 unspecified atom stereocenters. The SMILES string of the molecule is CNC(Cc1cc(Cl)ccc1F)c1cc(C)ccc1Br. The topological polar surface area (TPSA) is 12.0 Å². The average Bonchev–Trinajstić information content (AvgIpc) is 2.42. The third-order valence-corrected chi connectivity index (χ3v) is 4.26. The fourth-order valence-corrected chi connectivity index (χ4v) is 2.94. The third kappa shape index (κ3) is 3.60. The Hall–Kier alpha value is -0.900. The lowest BCUT2D eigenvalue weighted by molar-refractivity contribution is 0.553. The van der Waals surface area contributed by atoms with Gasteiger partial charge in [-0.3, -0.25) is 0 Å². The Bertz CT molecular complexity index is 615. The molecular formula is C16H16BrClFN. The summed E-state index contributed by atoms with van der Waals surface area (Å²) in [4.78, 5) is 0. The molecule has 0 spiro atoms. The molecule has 0 aromatic heterocycles. The fourth-order valence-electron chi connectivity index (χ4n) is 2.22. The number of rotatable bonds is 4. The van der Waals surface area contributed by atoms with Crippen LogP contribution in [0.4, 0.5) is 4.39 Å². The van der Waals surface area contributed by atoms with Crippen LogP contribution in [0.2, 0.25) is 5.02 Å². The molecule has 0 heterocycles. The van der Waals surface area contributed by atoms with Crippen LogP contribution >= 0.6 is 27.5 Å². The minimum absolute atomic E-state index is 0.0252. The fraction of sp³-hybridized carbons (Fsp3) is 0.250. The van der Waals surface area contributed by atoms with Crippen LogP contribution in [0, 0.1) is 12.7 Å². The molecule has 4 heteroatoms. The summed E-state index contributed by atoms with van der Waals surface area (Å²) >= 11 is 9.51. The maximum absolute atomic E-state index is 13.9. The summed E-state index contributed by atoms with van der Waals surface area (Å²) in [5, 5.41) is 3.80. The lowest BCUT2D eigenvalue weighted by Gasteiger charge is -2.19. The number of benzene rings is 2. The van der Waals surface area contributed by atoms with Gasteiger partial charge in [0, 0.05) is 15.5 Å². The van der Waals surface area contributed by atoms with Crippen molar-refractivity contribution in [3.63, 3.8) is 0 Å². The van der Waals surface area contributed by atoms with Crippen LogP contribution in [0.15, 0.2) is 40.9 Å². The molecule has 0 aliphatic heterocycles.